The SMILES string of the molecule is Cc1cccc(C)c1NC(=O)CNC(=O)C(C)OC(=O)CN(C)S(=O)(=O)c1ccc(Cl)cc1. The van der Waals surface area contributed by atoms with Crippen LogP contribution in [0.2, 0.25) is 5.02 Å². The van der Waals surface area contributed by atoms with Crippen LogP contribution in [-0.2, 0) is 29.1 Å². The average molecular weight is 496 g/mol. The third-order valence-electron chi connectivity index (χ3n) is 4.72. The molecule has 0 aliphatic rings. The van der Waals surface area contributed by atoms with Crippen molar-refractivity contribution >= 4 is 45.1 Å². The topological polar surface area (TPSA) is 122 Å². The Hall–Kier alpha value is -2.95. The summed E-state index contributed by atoms with van der Waals surface area (Å²) in [4.78, 5) is 36.5. The second-order valence-corrected chi connectivity index (χ2v) is 9.86. The molecule has 1 unspecified atom stereocenters. The first kappa shape index (κ1) is 26.3. The zero-order chi connectivity index (χ0) is 24.8. The summed E-state index contributed by atoms with van der Waals surface area (Å²) >= 11 is 5.77. The van der Waals surface area contributed by atoms with Crippen molar-refractivity contribution in [1.29, 1.82) is 0 Å². The normalized spacial score (nSPS) is 12.2. The first-order valence-corrected chi connectivity index (χ1v) is 11.8. The molecule has 0 bridgehead atoms. The summed E-state index contributed by atoms with van der Waals surface area (Å²) in [6, 6.07) is 11.1. The number of ether oxygens (including phenoxy) is 1. The van der Waals surface area contributed by atoms with Crippen molar-refractivity contribution in [3.8, 4) is 0 Å². The number of sulfonamides is 1. The third-order valence-corrected chi connectivity index (χ3v) is 6.79. The summed E-state index contributed by atoms with van der Waals surface area (Å²) in [5, 5.41) is 5.49. The van der Waals surface area contributed by atoms with E-state index in [2.05, 4.69) is 10.6 Å². The van der Waals surface area contributed by atoms with Crippen molar-refractivity contribution in [3.05, 3.63) is 58.6 Å². The molecule has 0 saturated carbocycles. The maximum Gasteiger partial charge on any atom is 0.322 e. The predicted octanol–water partition coefficient (Wildman–Crippen LogP) is 2.26. The van der Waals surface area contributed by atoms with Crippen molar-refractivity contribution in [2.45, 2.75) is 31.8 Å². The van der Waals surface area contributed by atoms with Gasteiger partial charge in [0.15, 0.2) is 6.10 Å². The molecule has 0 aromatic heterocycles. The Morgan fingerprint density at radius 1 is 1.06 bits per heavy atom. The molecule has 0 aliphatic heterocycles. The fraction of sp³-hybridized carbons (Fsp3) is 0.318. The molecular weight excluding hydrogens is 470 g/mol. The Morgan fingerprint density at radius 2 is 1.64 bits per heavy atom. The number of benzene rings is 2. The van der Waals surface area contributed by atoms with Crippen LogP contribution in [0.15, 0.2) is 47.4 Å². The van der Waals surface area contributed by atoms with E-state index in [0.29, 0.717) is 10.7 Å². The second-order valence-electron chi connectivity index (χ2n) is 7.38. The highest BCUT2D eigenvalue weighted by atomic mass is 35.5. The van der Waals surface area contributed by atoms with Gasteiger partial charge in [0, 0.05) is 17.8 Å². The quantitative estimate of drug-likeness (QED) is 0.514. The third kappa shape index (κ3) is 7.28. The molecule has 0 radical (unpaired) electrons. The minimum atomic E-state index is -3.94. The summed E-state index contributed by atoms with van der Waals surface area (Å²) in [5.74, 6) is -2.05. The van der Waals surface area contributed by atoms with Crippen LogP contribution < -0.4 is 10.6 Å². The Labute approximate surface area is 198 Å². The molecule has 0 heterocycles. The van der Waals surface area contributed by atoms with Crippen molar-refractivity contribution in [3.63, 3.8) is 0 Å². The van der Waals surface area contributed by atoms with Crippen LogP contribution in [0.5, 0.6) is 0 Å². The molecule has 1 atom stereocenters. The lowest BCUT2D eigenvalue weighted by atomic mass is 10.1. The summed E-state index contributed by atoms with van der Waals surface area (Å²) < 4.78 is 30.9. The first-order valence-electron chi connectivity index (χ1n) is 9.97. The van der Waals surface area contributed by atoms with Crippen LogP contribution in [0.1, 0.15) is 18.1 Å². The van der Waals surface area contributed by atoms with E-state index in [1.807, 2.05) is 32.0 Å². The number of hydrogen-bond acceptors (Lipinski definition) is 6. The van der Waals surface area contributed by atoms with E-state index in [1.54, 1.807) is 0 Å². The number of hydrogen-bond donors (Lipinski definition) is 2. The summed E-state index contributed by atoms with van der Waals surface area (Å²) in [6.45, 7) is 4.11. The average Bonchev–Trinajstić information content (AvgIpc) is 2.74. The van der Waals surface area contributed by atoms with Gasteiger partial charge in [-0.25, -0.2) is 8.42 Å². The van der Waals surface area contributed by atoms with Gasteiger partial charge in [-0.1, -0.05) is 29.8 Å². The van der Waals surface area contributed by atoms with E-state index >= 15 is 0 Å². The summed E-state index contributed by atoms with van der Waals surface area (Å²) in [6.07, 6.45) is -1.22. The number of rotatable bonds is 9. The van der Waals surface area contributed by atoms with Gasteiger partial charge in [-0.15, -0.1) is 0 Å². The molecule has 33 heavy (non-hydrogen) atoms. The lowest BCUT2D eigenvalue weighted by Crippen LogP contribution is -2.41. The minimum Gasteiger partial charge on any atom is -0.452 e. The predicted molar refractivity (Wildman–Crippen MR) is 124 cm³/mol. The van der Waals surface area contributed by atoms with Gasteiger partial charge in [0.25, 0.3) is 5.91 Å². The van der Waals surface area contributed by atoms with Gasteiger partial charge >= 0.3 is 5.97 Å². The number of nitrogens with one attached hydrogen (secondary N) is 2. The number of amides is 2. The number of carbonyl (C=O) groups excluding carboxylic acids is 3. The van der Waals surface area contributed by atoms with Crippen LogP contribution in [0.4, 0.5) is 5.69 Å². The van der Waals surface area contributed by atoms with Crippen molar-refractivity contribution in [2.75, 3.05) is 25.5 Å². The van der Waals surface area contributed by atoms with E-state index in [0.717, 1.165) is 15.4 Å². The van der Waals surface area contributed by atoms with Gasteiger partial charge in [0.1, 0.15) is 6.54 Å². The molecule has 0 saturated heterocycles. The molecule has 0 aliphatic carbocycles. The smallest absolute Gasteiger partial charge is 0.322 e. The maximum absolute atomic E-state index is 12.5. The highest BCUT2D eigenvalue weighted by molar-refractivity contribution is 7.89. The Morgan fingerprint density at radius 3 is 2.21 bits per heavy atom. The van der Waals surface area contributed by atoms with E-state index in [9.17, 15) is 22.8 Å². The van der Waals surface area contributed by atoms with Crippen LogP contribution in [0.3, 0.4) is 0 Å². The number of carbonyl (C=O) groups is 3. The zero-order valence-electron chi connectivity index (χ0n) is 18.7. The highest BCUT2D eigenvalue weighted by Crippen LogP contribution is 2.19. The van der Waals surface area contributed by atoms with Gasteiger partial charge in [0.05, 0.1) is 11.4 Å². The van der Waals surface area contributed by atoms with E-state index in [-0.39, 0.29) is 11.4 Å². The fourth-order valence-corrected chi connectivity index (χ4v) is 4.09. The molecule has 0 fully saturated rings. The molecular formula is C22H26ClN3O6S. The number of aryl methyl sites for hydroxylation is 2. The Balaban J connectivity index is 1.85. The molecule has 2 aromatic carbocycles. The molecule has 2 aromatic rings. The Bertz CT molecular complexity index is 1120. The van der Waals surface area contributed by atoms with Crippen molar-refractivity contribution < 1.29 is 27.5 Å². The number of likely N-dealkylation sites (N-methyl/N-ethyl adjacent to an activating group) is 1. The van der Waals surface area contributed by atoms with Crippen molar-refractivity contribution in [1.82, 2.24) is 9.62 Å². The maximum atomic E-state index is 12.5. The summed E-state index contributed by atoms with van der Waals surface area (Å²) in [5.41, 5.74) is 2.44. The fourth-order valence-electron chi connectivity index (χ4n) is 2.85. The molecule has 2 rings (SSSR count). The van der Waals surface area contributed by atoms with E-state index < -0.39 is 40.5 Å². The lowest BCUT2D eigenvalue weighted by Gasteiger charge is -2.18. The Kier molecular flexibility index (Phi) is 8.98. The second kappa shape index (κ2) is 11.3. The van der Waals surface area contributed by atoms with Gasteiger partial charge in [-0.05, 0) is 56.2 Å². The van der Waals surface area contributed by atoms with E-state index in [1.165, 1.54) is 38.2 Å². The largest absolute Gasteiger partial charge is 0.452 e. The van der Waals surface area contributed by atoms with Crippen LogP contribution in [-0.4, -0.2) is 56.7 Å². The van der Waals surface area contributed by atoms with Crippen LogP contribution in [0.25, 0.3) is 0 Å². The molecule has 11 heteroatoms. The van der Waals surface area contributed by atoms with Gasteiger partial charge in [-0.2, -0.15) is 4.31 Å². The number of para-hydroxylation sites is 1. The molecule has 178 valence electrons. The van der Waals surface area contributed by atoms with Crippen molar-refractivity contribution in [2.24, 2.45) is 0 Å². The number of halogens is 1. The molecule has 9 nitrogen and oxygen atoms in total. The van der Waals surface area contributed by atoms with Gasteiger partial charge in [0.2, 0.25) is 15.9 Å². The number of nitrogens with zero attached hydrogens (tertiary/aromatic N) is 1. The van der Waals surface area contributed by atoms with Gasteiger partial charge in [-0.3, -0.25) is 14.4 Å². The minimum absolute atomic E-state index is 0.0390. The zero-order valence-corrected chi connectivity index (χ0v) is 20.3. The number of esters is 1. The first-order chi connectivity index (χ1) is 15.4. The van der Waals surface area contributed by atoms with Crippen LogP contribution >= 0.6 is 11.6 Å². The van der Waals surface area contributed by atoms with Gasteiger partial charge < -0.3 is 15.4 Å². The van der Waals surface area contributed by atoms with E-state index in [4.69, 9.17) is 16.3 Å². The summed E-state index contributed by atoms with van der Waals surface area (Å²) in [7, 11) is -2.73. The molecule has 0 spiro atoms. The lowest BCUT2D eigenvalue weighted by molar-refractivity contribution is -0.154. The monoisotopic (exact) mass is 495 g/mol. The number of anilines is 1. The standard InChI is InChI=1S/C22H26ClN3O6S/c1-14-6-5-7-15(2)21(14)25-19(27)12-24-22(29)16(3)32-20(28)13-26(4)33(30,31)18-10-8-17(23)9-11-18/h5-11,16H,12-13H2,1-4H3,(H,24,29)(H,25,27). The van der Waals surface area contributed by atoms with Crippen LogP contribution in [0, 0.1) is 13.8 Å². The molecule has 2 N–H and O–H groups in total. The molecule has 2 amide bonds. The highest BCUT2D eigenvalue weighted by Gasteiger charge is 2.26.